The molecule has 39 heavy (non-hydrogen) atoms. The Morgan fingerprint density at radius 3 is 2.23 bits per heavy atom. The molecule has 3 rings (SSSR count). The van der Waals surface area contributed by atoms with Gasteiger partial charge in [-0.3, -0.25) is 19.4 Å². The van der Waals surface area contributed by atoms with Crippen LogP contribution in [0.25, 0.3) is 4.85 Å². The molecule has 1 aromatic carbocycles. The van der Waals surface area contributed by atoms with E-state index in [1.54, 1.807) is 26.2 Å². The van der Waals surface area contributed by atoms with Gasteiger partial charge >= 0.3 is 12.3 Å². The minimum absolute atomic E-state index is 0.0198. The lowest BCUT2D eigenvalue weighted by Gasteiger charge is -2.37. The summed E-state index contributed by atoms with van der Waals surface area (Å²) in [5, 5.41) is 2.91. The third-order valence-corrected chi connectivity index (χ3v) is 7.47. The Balaban J connectivity index is 1.74. The van der Waals surface area contributed by atoms with E-state index in [-0.39, 0.29) is 24.7 Å². The minimum Gasteiger partial charge on any atom is -0.496 e. The average Bonchev–Trinajstić information content (AvgIpc) is 3.40. The summed E-state index contributed by atoms with van der Waals surface area (Å²) in [6, 6.07) is 3.82. The maximum absolute atomic E-state index is 13.4. The van der Waals surface area contributed by atoms with Crippen LogP contribution in [0.1, 0.15) is 64.9 Å². The van der Waals surface area contributed by atoms with Gasteiger partial charge in [0.15, 0.2) is 0 Å². The van der Waals surface area contributed by atoms with Gasteiger partial charge in [0.1, 0.15) is 22.8 Å². The van der Waals surface area contributed by atoms with E-state index in [0.29, 0.717) is 42.8 Å². The van der Waals surface area contributed by atoms with Crippen LogP contribution < -0.4 is 19.5 Å². The van der Waals surface area contributed by atoms with Gasteiger partial charge in [-0.05, 0) is 58.8 Å². The highest BCUT2D eigenvalue weighted by atomic mass is 16.6. The molecule has 10 nitrogen and oxygen atoms in total. The highest BCUT2D eigenvalue weighted by Crippen LogP contribution is 2.37. The second-order valence-corrected chi connectivity index (χ2v) is 11.3. The number of methoxy groups -OCH3 is 3. The normalized spacial score (nSPS) is 21.3. The maximum Gasteiger partial charge on any atom is 0.407 e. The third-order valence-electron chi connectivity index (χ3n) is 7.47. The Morgan fingerprint density at radius 1 is 1.05 bits per heavy atom. The molecule has 216 valence electrons. The molecule has 2 fully saturated rings. The summed E-state index contributed by atoms with van der Waals surface area (Å²) in [5.41, 5.74) is 0.324. The first-order chi connectivity index (χ1) is 18.6. The van der Waals surface area contributed by atoms with Crippen molar-refractivity contribution in [3.63, 3.8) is 0 Å². The van der Waals surface area contributed by atoms with E-state index >= 15 is 0 Å². The molecule has 1 aromatic rings. The van der Waals surface area contributed by atoms with E-state index in [2.05, 4.69) is 15.1 Å². The van der Waals surface area contributed by atoms with Crippen molar-refractivity contribution in [1.29, 1.82) is 0 Å². The Hall–Kier alpha value is -3.19. The number of nitrogens with zero attached hydrogens (tertiary/aromatic N) is 3. The lowest BCUT2D eigenvalue weighted by molar-refractivity contribution is -0.133. The summed E-state index contributed by atoms with van der Waals surface area (Å²) in [6.07, 6.45) is 4.45. The van der Waals surface area contributed by atoms with Gasteiger partial charge < -0.3 is 24.3 Å². The molecular weight excluding hydrogens is 500 g/mol. The number of carbonyl (C=O) groups is 2. The van der Waals surface area contributed by atoms with Crippen LogP contribution in [-0.4, -0.2) is 80.6 Å². The van der Waals surface area contributed by atoms with Gasteiger partial charge in [0, 0.05) is 44.2 Å². The lowest BCUT2D eigenvalue weighted by atomic mass is 9.85. The molecular formula is C29H44N4O6. The second-order valence-electron chi connectivity index (χ2n) is 11.3. The zero-order chi connectivity index (χ0) is 28.6. The number of likely N-dealkylation sites (tertiary alicyclic amines) is 1. The first-order valence-corrected chi connectivity index (χ1v) is 13.7. The van der Waals surface area contributed by atoms with E-state index in [4.69, 9.17) is 25.5 Å². The van der Waals surface area contributed by atoms with Gasteiger partial charge in [0.25, 0.3) is 0 Å². The lowest BCUT2D eigenvalue weighted by Crippen LogP contribution is -2.47. The second kappa shape index (κ2) is 13.7. The highest BCUT2D eigenvalue weighted by Gasteiger charge is 2.36. The van der Waals surface area contributed by atoms with Crippen LogP contribution in [0.15, 0.2) is 12.1 Å². The van der Waals surface area contributed by atoms with Crippen molar-refractivity contribution >= 4 is 12.0 Å². The zero-order valence-electron chi connectivity index (χ0n) is 24.2. The average molecular weight is 545 g/mol. The molecule has 0 spiro atoms. The van der Waals surface area contributed by atoms with E-state index in [1.807, 2.05) is 32.9 Å². The molecule has 0 aromatic heterocycles. The zero-order valence-corrected chi connectivity index (χ0v) is 24.2. The summed E-state index contributed by atoms with van der Waals surface area (Å²) in [5.74, 6) is 2.23. The predicted molar refractivity (Wildman–Crippen MR) is 148 cm³/mol. The number of benzene rings is 1. The summed E-state index contributed by atoms with van der Waals surface area (Å²) >= 11 is 0. The van der Waals surface area contributed by atoms with Crippen LogP contribution >= 0.6 is 0 Å². The van der Waals surface area contributed by atoms with Gasteiger partial charge in [-0.2, -0.15) is 0 Å². The van der Waals surface area contributed by atoms with Crippen LogP contribution in [0.3, 0.4) is 0 Å². The fourth-order valence-electron chi connectivity index (χ4n) is 5.45. The molecule has 10 heteroatoms. The SMILES string of the molecule is [C-]#[N+][C@@H]1CCCN1C(=O)CN(Cc1c(OC)cc(OC)cc1OC)C1CCC(CNC(=O)OC(C)(C)C)CC1. The molecule has 1 saturated heterocycles. The Bertz CT molecular complexity index is 1000. The molecule has 1 aliphatic heterocycles. The molecule has 0 radical (unpaired) electrons. The monoisotopic (exact) mass is 544 g/mol. The van der Waals surface area contributed by atoms with E-state index in [9.17, 15) is 9.59 Å². The first-order valence-electron chi connectivity index (χ1n) is 13.7. The molecule has 2 amide bonds. The number of rotatable bonds is 10. The van der Waals surface area contributed by atoms with E-state index < -0.39 is 11.7 Å². The van der Waals surface area contributed by atoms with Crippen molar-refractivity contribution in [3.05, 3.63) is 29.1 Å². The fraction of sp³-hybridized carbons (Fsp3) is 0.690. The van der Waals surface area contributed by atoms with Crippen molar-refractivity contribution in [2.75, 3.05) is 41.0 Å². The Morgan fingerprint density at radius 2 is 1.69 bits per heavy atom. The summed E-state index contributed by atoms with van der Waals surface area (Å²) in [6.45, 7) is 14.9. The summed E-state index contributed by atoms with van der Waals surface area (Å²) in [7, 11) is 4.82. The van der Waals surface area contributed by atoms with Crippen LogP contribution in [0.4, 0.5) is 4.79 Å². The molecule has 0 bridgehead atoms. The number of amides is 2. The maximum atomic E-state index is 13.4. The molecule has 1 heterocycles. The van der Waals surface area contributed by atoms with Gasteiger partial charge in [0.05, 0.1) is 33.4 Å². The largest absolute Gasteiger partial charge is 0.496 e. The minimum atomic E-state index is -0.528. The number of hydrogen-bond acceptors (Lipinski definition) is 7. The topological polar surface area (TPSA) is 93.9 Å². The van der Waals surface area contributed by atoms with Crippen LogP contribution in [0.5, 0.6) is 17.2 Å². The molecule has 1 N–H and O–H groups in total. The summed E-state index contributed by atoms with van der Waals surface area (Å²) < 4.78 is 22.2. The van der Waals surface area contributed by atoms with E-state index in [1.165, 1.54) is 0 Å². The van der Waals surface area contributed by atoms with Crippen molar-refractivity contribution in [2.24, 2.45) is 5.92 Å². The Kier molecular flexibility index (Phi) is 10.7. The van der Waals surface area contributed by atoms with Crippen molar-refractivity contribution in [1.82, 2.24) is 15.1 Å². The smallest absolute Gasteiger partial charge is 0.407 e. The molecule has 1 aliphatic carbocycles. The van der Waals surface area contributed by atoms with Gasteiger partial charge in [-0.25, -0.2) is 11.4 Å². The van der Waals surface area contributed by atoms with Crippen LogP contribution in [0, 0.1) is 12.5 Å². The highest BCUT2D eigenvalue weighted by molar-refractivity contribution is 5.79. The summed E-state index contributed by atoms with van der Waals surface area (Å²) in [4.78, 5) is 33.1. The van der Waals surface area contributed by atoms with Crippen LogP contribution in [-0.2, 0) is 16.1 Å². The van der Waals surface area contributed by atoms with E-state index in [0.717, 1.165) is 44.1 Å². The molecule has 2 aliphatic rings. The van der Waals surface area contributed by atoms with Gasteiger partial charge in [-0.15, -0.1) is 0 Å². The van der Waals surface area contributed by atoms with Crippen molar-refractivity contribution < 1.29 is 28.5 Å². The standard InChI is InChI=1S/C29H44N4O6/c1-29(2,3)39-28(35)31-17-20-10-12-21(13-11-20)32(19-27(34)33-14-8-9-26(33)30-4)18-23-24(37-6)15-22(36-5)16-25(23)38-7/h15-16,20-21,26H,8-14,17-19H2,1-3,5-7H3,(H,31,35)/t20?,21?,26-/m0/s1. The number of carbonyl (C=O) groups excluding carboxylic acids is 2. The predicted octanol–water partition coefficient (Wildman–Crippen LogP) is 4.47. The molecule has 1 saturated carbocycles. The number of hydrogen-bond donors (Lipinski definition) is 1. The van der Waals surface area contributed by atoms with Crippen molar-refractivity contribution in [3.8, 4) is 17.2 Å². The fourth-order valence-corrected chi connectivity index (χ4v) is 5.45. The van der Waals surface area contributed by atoms with Crippen LogP contribution in [0.2, 0.25) is 0 Å². The van der Waals surface area contributed by atoms with Gasteiger partial charge in [0.2, 0.25) is 5.91 Å². The quantitative estimate of drug-likeness (QED) is 0.435. The number of nitrogens with one attached hydrogen (secondary N) is 1. The number of alkyl carbamates (subject to hydrolysis) is 1. The molecule has 1 atom stereocenters. The third kappa shape index (κ3) is 8.40. The van der Waals surface area contributed by atoms with Gasteiger partial charge in [-0.1, -0.05) is 0 Å². The number of ether oxygens (including phenoxy) is 4. The van der Waals surface area contributed by atoms with Crippen molar-refractivity contribution in [2.45, 2.75) is 83.6 Å². The first kappa shape index (κ1) is 30.4. The molecule has 0 unspecified atom stereocenters. The Labute approximate surface area is 232 Å².